The summed E-state index contributed by atoms with van der Waals surface area (Å²) in [6.45, 7) is 9.36. The third kappa shape index (κ3) is 2.65. The highest BCUT2D eigenvalue weighted by molar-refractivity contribution is 5.92. The summed E-state index contributed by atoms with van der Waals surface area (Å²) in [6.07, 6.45) is 5.31. The van der Waals surface area contributed by atoms with Crippen molar-refractivity contribution in [3.63, 3.8) is 0 Å². The largest absolute Gasteiger partial charge is 0.451 e. The van der Waals surface area contributed by atoms with Crippen LogP contribution < -0.4 is 0 Å². The molecule has 5 heteroatoms. The first-order valence-corrected chi connectivity index (χ1v) is 11.1. The van der Waals surface area contributed by atoms with Crippen LogP contribution in [0.4, 0.5) is 0 Å². The van der Waals surface area contributed by atoms with Crippen LogP contribution in [0.25, 0.3) is 0 Å². The first-order valence-electron chi connectivity index (χ1n) is 11.1. The van der Waals surface area contributed by atoms with Gasteiger partial charge in [0.05, 0.1) is 6.10 Å². The minimum atomic E-state index is -1.14. The van der Waals surface area contributed by atoms with E-state index in [4.69, 9.17) is 4.74 Å². The van der Waals surface area contributed by atoms with Crippen molar-refractivity contribution in [3.05, 3.63) is 11.6 Å². The minimum Gasteiger partial charge on any atom is -0.451 e. The average molecular weight is 403 g/mol. The van der Waals surface area contributed by atoms with E-state index in [0.717, 1.165) is 19.3 Å². The predicted octanol–water partition coefficient (Wildman–Crippen LogP) is 3.63. The van der Waals surface area contributed by atoms with Crippen molar-refractivity contribution in [2.75, 3.05) is 0 Å². The molecule has 0 aromatic heterocycles. The number of carbonyl (C=O) groups is 3. The summed E-state index contributed by atoms with van der Waals surface area (Å²) in [6, 6.07) is 0. The molecule has 1 N–H and O–H groups in total. The zero-order valence-electron chi connectivity index (χ0n) is 18.3. The first-order chi connectivity index (χ1) is 13.5. The number of rotatable bonds is 2. The number of aliphatic hydroxyl groups is 1. The summed E-state index contributed by atoms with van der Waals surface area (Å²) in [5.41, 5.74) is -0.682. The molecule has 0 amide bonds. The molecule has 3 saturated carbocycles. The molecule has 5 nitrogen and oxygen atoms in total. The van der Waals surface area contributed by atoms with Gasteiger partial charge >= 0.3 is 5.97 Å². The van der Waals surface area contributed by atoms with E-state index in [-0.39, 0.29) is 40.7 Å². The second kappa shape index (κ2) is 6.50. The van der Waals surface area contributed by atoms with Crippen LogP contribution in [0.15, 0.2) is 11.6 Å². The van der Waals surface area contributed by atoms with Gasteiger partial charge < -0.3 is 9.84 Å². The Balaban J connectivity index is 1.79. The van der Waals surface area contributed by atoms with Gasteiger partial charge in [-0.25, -0.2) is 0 Å². The molecule has 0 aromatic rings. The van der Waals surface area contributed by atoms with Crippen molar-refractivity contribution in [1.29, 1.82) is 0 Å². The Morgan fingerprint density at radius 1 is 1.21 bits per heavy atom. The summed E-state index contributed by atoms with van der Waals surface area (Å²) in [5, 5.41) is 11.5. The summed E-state index contributed by atoms with van der Waals surface area (Å²) in [7, 11) is 0. The summed E-state index contributed by atoms with van der Waals surface area (Å²) in [4.78, 5) is 36.9. The van der Waals surface area contributed by atoms with Crippen LogP contribution in [0.5, 0.6) is 0 Å². The molecule has 29 heavy (non-hydrogen) atoms. The van der Waals surface area contributed by atoms with Gasteiger partial charge in [-0.15, -0.1) is 0 Å². The number of hydrogen-bond acceptors (Lipinski definition) is 5. The molecule has 160 valence electrons. The van der Waals surface area contributed by atoms with Crippen molar-refractivity contribution in [2.45, 2.75) is 84.8 Å². The molecule has 3 fully saturated rings. The quantitative estimate of drug-likeness (QED) is 0.714. The number of fused-ring (bicyclic) bond motifs is 5. The molecule has 0 spiro atoms. The second-order valence-corrected chi connectivity index (χ2v) is 10.6. The lowest BCUT2D eigenvalue weighted by molar-refractivity contribution is -0.200. The summed E-state index contributed by atoms with van der Waals surface area (Å²) >= 11 is 0. The molecule has 4 aliphatic carbocycles. The Kier molecular flexibility index (Phi) is 4.66. The number of allylic oxidation sites excluding steroid dienone is 1. The molecule has 0 radical (unpaired) electrons. The Morgan fingerprint density at radius 2 is 1.90 bits per heavy atom. The number of esters is 1. The fourth-order valence-corrected chi connectivity index (χ4v) is 8.17. The number of carbonyl (C=O) groups excluding carboxylic acids is 3. The van der Waals surface area contributed by atoms with E-state index in [9.17, 15) is 19.5 Å². The van der Waals surface area contributed by atoms with E-state index in [0.29, 0.717) is 19.3 Å². The molecule has 0 aromatic carbocycles. The van der Waals surface area contributed by atoms with E-state index in [1.54, 1.807) is 0 Å². The number of ketones is 2. The van der Waals surface area contributed by atoms with Gasteiger partial charge in [-0.2, -0.15) is 0 Å². The third-order valence-corrected chi connectivity index (χ3v) is 9.22. The fourth-order valence-electron chi connectivity index (χ4n) is 8.17. The normalized spacial score (nSPS) is 48.8. The number of ether oxygens (including phenoxy) is 1. The van der Waals surface area contributed by atoms with Gasteiger partial charge in [0.2, 0.25) is 0 Å². The maximum Gasteiger partial charge on any atom is 0.303 e. The van der Waals surface area contributed by atoms with Crippen LogP contribution in [-0.2, 0) is 19.1 Å². The van der Waals surface area contributed by atoms with Gasteiger partial charge in [-0.1, -0.05) is 26.3 Å². The highest BCUT2D eigenvalue weighted by Gasteiger charge is 2.70. The highest BCUT2D eigenvalue weighted by Crippen LogP contribution is 2.69. The van der Waals surface area contributed by atoms with Gasteiger partial charge in [0.15, 0.2) is 17.2 Å². The molecule has 0 unspecified atom stereocenters. The van der Waals surface area contributed by atoms with Crippen molar-refractivity contribution in [1.82, 2.24) is 0 Å². The summed E-state index contributed by atoms with van der Waals surface area (Å²) < 4.78 is 5.78. The first kappa shape index (κ1) is 20.8. The van der Waals surface area contributed by atoms with Crippen molar-refractivity contribution in [2.24, 2.45) is 34.5 Å². The lowest BCUT2D eigenvalue weighted by Crippen LogP contribution is -2.63. The molecule has 0 heterocycles. The Bertz CT molecular complexity index is 799. The molecule has 8 atom stereocenters. The lowest BCUT2D eigenvalue weighted by atomic mass is 9.44. The number of aliphatic hydroxyl groups excluding tert-OH is 1. The van der Waals surface area contributed by atoms with Crippen molar-refractivity contribution in [3.8, 4) is 0 Å². The van der Waals surface area contributed by atoms with Crippen molar-refractivity contribution >= 4 is 17.5 Å². The molecule has 4 aliphatic rings. The molecular weight excluding hydrogens is 368 g/mol. The predicted molar refractivity (Wildman–Crippen MR) is 108 cm³/mol. The van der Waals surface area contributed by atoms with Gasteiger partial charge in [-0.3, -0.25) is 14.4 Å². The molecular formula is C24H34O5. The third-order valence-electron chi connectivity index (χ3n) is 9.22. The van der Waals surface area contributed by atoms with Crippen molar-refractivity contribution < 1.29 is 24.2 Å². The Morgan fingerprint density at radius 3 is 2.52 bits per heavy atom. The van der Waals surface area contributed by atoms with Gasteiger partial charge in [-0.05, 0) is 74.2 Å². The molecule has 0 aliphatic heterocycles. The van der Waals surface area contributed by atoms with Gasteiger partial charge in [0, 0.05) is 18.8 Å². The molecule has 0 saturated heterocycles. The maximum atomic E-state index is 12.8. The van der Waals surface area contributed by atoms with Gasteiger partial charge in [0.25, 0.3) is 0 Å². The minimum absolute atomic E-state index is 0.0798. The number of hydrogen-bond donors (Lipinski definition) is 1. The Hall–Kier alpha value is -1.49. The second-order valence-electron chi connectivity index (χ2n) is 10.6. The molecule has 0 bridgehead atoms. The lowest BCUT2D eigenvalue weighted by Gasteiger charge is -2.61. The SMILES string of the molecule is CC(=O)O[C@@]1(C(C)=O)CC[C@@H]2[C@H]3C[C@@H](C)C4=CC(=O)CC[C@@]4(C)[C@@H]3[C@H](O)C[C@]21C. The standard InChI is InChI=1S/C24H34O5/c1-13-10-17-18-7-9-24(14(2)25,29-15(3)26)23(18,5)12-20(28)21(17)22(4)8-6-16(27)11-19(13)22/h11,13,17-18,20-21,28H,6-10,12H2,1-5H3/t13-,17-,18-,20-,21+,22-,23-,24-/m1/s1. The maximum absolute atomic E-state index is 12.8. The fraction of sp³-hybridized carbons (Fsp3) is 0.792. The van der Waals surface area contributed by atoms with Crippen LogP contribution in [0.3, 0.4) is 0 Å². The van der Waals surface area contributed by atoms with Crippen LogP contribution in [0.2, 0.25) is 0 Å². The average Bonchev–Trinajstić information content (AvgIpc) is 2.89. The monoisotopic (exact) mass is 402 g/mol. The van der Waals surface area contributed by atoms with E-state index >= 15 is 0 Å². The number of Topliss-reactive ketones (excluding diaryl/α,β-unsaturated/α-hetero) is 1. The smallest absolute Gasteiger partial charge is 0.303 e. The summed E-state index contributed by atoms with van der Waals surface area (Å²) in [5.74, 6) is 0.492. The van der Waals surface area contributed by atoms with E-state index in [2.05, 4.69) is 20.8 Å². The van der Waals surface area contributed by atoms with E-state index in [1.807, 2.05) is 6.08 Å². The van der Waals surface area contributed by atoms with Crippen LogP contribution in [0.1, 0.15) is 73.1 Å². The zero-order chi connectivity index (χ0) is 21.4. The topological polar surface area (TPSA) is 80.7 Å². The van der Waals surface area contributed by atoms with Crippen LogP contribution >= 0.6 is 0 Å². The zero-order valence-corrected chi connectivity index (χ0v) is 18.3. The molecule has 4 rings (SSSR count). The Labute approximate surface area is 173 Å². The van der Waals surface area contributed by atoms with Crippen LogP contribution in [0, 0.1) is 34.5 Å². The van der Waals surface area contributed by atoms with Crippen LogP contribution in [-0.4, -0.2) is 34.3 Å². The van der Waals surface area contributed by atoms with E-state index < -0.39 is 23.1 Å². The highest BCUT2D eigenvalue weighted by atomic mass is 16.6. The van der Waals surface area contributed by atoms with Gasteiger partial charge in [0.1, 0.15) is 0 Å². The van der Waals surface area contributed by atoms with E-state index in [1.165, 1.54) is 19.4 Å².